The van der Waals surface area contributed by atoms with Crippen molar-refractivity contribution in [3.63, 3.8) is 0 Å². The van der Waals surface area contributed by atoms with Crippen LogP contribution in [0.15, 0.2) is 24.3 Å². The summed E-state index contributed by atoms with van der Waals surface area (Å²) in [6.45, 7) is 2.03. The number of nitrogens with zero attached hydrogens (tertiary/aromatic N) is 2. The maximum absolute atomic E-state index is 5.09. The van der Waals surface area contributed by atoms with E-state index in [1.54, 1.807) is 7.11 Å². The van der Waals surface area contributed by atoms with Crippen LogP contribution in [0.4, 0.5) is 0 Å². The molecule has 0 amide bonds. The molecule has 1 unspecified atom stereocenters. The highest BCUT2D eigenvalue weighted by Gasteiger charge is 2.24. The lowest BCUT2D eigenvalue weighted by Crippen LogP contribution is -2.03. The Hall–Kier alpha value is -1.35. The first kappa shape index (κ1) is 11.7. The number of hydrogen-bond donors (Lipinski definition) is 0. The van der Waals surface area contributed by atoms with Crippen molar-refractivity contribution >= 4 is 11.0 Å². The zero-order valence-corrected chi connectivity index (χ0v) is 10.9. The number of benzene rings is 1. The second kappa shape index (κ2) is 5.11. The molecule has 0 bridgehead atoms. The van der Waals surface area contributed by atoms with Crippen molar-refractivity contribution in [1.29, 1.82) is 0 Å². The molecular weight excluding hydrogens is 224 g/mol. The van der Waals surface area contributed by atoms with Crippen LogP contribution in [0.5, 0.6) is 0 Å². The van der Waals surface area contributed by atoms with E-state index in [1.165, 1.54) is 30.6 Å². The van der Waals surface area contributed by atoms with E-state index in [2.05, 4.69) is 28.8 Å². The molecule has 0 saturated heterocycles. The van der Waals surface area contributed by atoms with Gasteiger partial charge in [0.1, 0.15) is 5.82 Å². The Bertz CT molecular complexity index is 532. The Labute approximate surface area is 108 Å². The van der Waals surface area contributed by atoms with Crippen molar-refractivity contribution in [3.05, 3.63) is 30.1 Å². The van der Waals surface area contributed by atoms with Crippen LogP contribution >= 0.6 is 0 Å². The Morgan fingerprint density at radius 1 is 1.33 bits per heavy atom. The van der Waals surface area contributed by atoms with E-state index in [0.29, 0.717) is 0 Å². The van der Waals surface area contributed by atoms with Gasteiger partial charge in [0.2, 0.25) is 0 Å². The number of hydrogen-bond acceptors (Lipinski definition) is 2. The molecule has 1 atom stereocenters. The molecule has 0 radical (unpaired) electrons. The fourth-order valence-corrected chi connectivity index (χ4v) is 2.94. The molecule has 1 aromatic carbocycles. The molecule has 1 aromatic heterocycles. The van der Waals surface area contributed by atoms with E-state index < -0.39 is 0 Å². The first-order valence-electron chi connectivity index (χ1n) is 6.81. The summed E-state index contributed by atoms with van der Waals surface area (Å²) in [5.41, 5.74) is 2.44. The number of fused-ring (bicyclic) bond motifs is 3. The van der Waals surface area contributed by atoms with E-state index in [1.807, 2.05) is 0 Å². The number of rotatable bonds is 5. The molecule has 0 spiro atoms. The minimum Gasteiger partial charge on any atom is -0.385 e. The number of para-hydroxylation sites is 2. The smallest absolute Gasteiger partial charge is 0.110 e. The summed E-state index contributed by atoms with van der Waals surface area (Å²) in [5.74, 6) is 2.04. The topological polar surface area (TPSA) is 27.1 Å². The molecule has 0 aliphatic carbocycles. The van der Waals surface area contributed by atoms with Crippen LogP contribution < -0.4 is 0 Å². The van der Waals surface area contributed by atoms with Gasteiger partial charge in [-0.3, -0.25) is 0 Å². The van der Waals surface area contributed by atoms with Crippen LogP contribution in [0.3, 0.4) is 0 Å². The number of ether oxygens (including phenoxy) is 1. The van der Waals surface area contributed by atoms with Gasteiger partial charge in [-0.1, -0.05) is 18.6 Å². The molecule has 18 heavy (non-hydrogen) atoms. The molecule has 3 rings (SSSR count). The van der Waals surface area contributed by atoms with E-state index in [9.17, 15) is 0 Å². The van der Waals surface area contributed by atoms with E-state index in [0.717, 1.165) is 31.0 Å². The average molecular weight is 244 g/mol. The monoisotopic (exact) mass is 244 g/mol. The van der Waals surface area contributed by atoms with Gasteiger partial charge >= 0.3 is 0 Å². The van der Waals surface area contributed by atoms with E-state index in [4.69, 9.17) is 9.72 Å². The van der Waals surface area contributed by atoms with Crippen molar-refractivity contribution in [2.24, 2.45) is 5.92 Å². The average Bonchev–Trinajstić information content (AvgIpc) is 2.91. The van der Waals surface area contributed by atoms with Gasteiger partial charge in [0.05, 0.1) is 11.0 Å². The maximum Gasteiger partial charge on any atom is 0.110 e. The summed E-state index contributed by atoms with van der Waals surface area (Å²) in [5, 5.41) is 0. The van der Waals surface area contributed by atoms with Crippen molar-refractivity contribution in [2.45, 2.75) is 32.2 Å². The fourth-order valence-electron chi connectivity index (χ4n) is 2.94. The highest BCUT2D eigenvalue weighted by Crippen LogP contribution is 2.28. The summed E-state index contributed by atoms with van der Waals surface area (Å²) < 4.78 is 7.49. The van der Waals surface area contributed by atoms with Crippen molar-refractivity contribution in [2.75, 3.05) is 13.7 Å². The lowest BCUT2D eigenvalue weighted by atomic mass is 10.0. The summed E-state index contributed by atoms with van der Waals surface area (Å²) >= 11 is 0. The highest BCUT2D eigenvalue weighted by atomic mass is 16.5. The van der Waals surface area contributed by atoms with Crippen LogP contribution in [0, 0.1) is 5.92 Å². The Kier molecular flexibility index (Phi) is 3.33. The van der Waals surface area contributed by atoms with Gasteiger partial charge in [-0.25, -0.2) is 4.98 Å². The predicted octanol–water partition coefficient (Wildman–Crippen LogP) is 3.03. The first-order chi connectivity index (χ1) is 8.88. The van der Waals surface area contributed by atoms with Crippen molar-refractivity contribution in [3.8, 4) is 0 Å². The van der Waals surface area contributed by atoms with Crippen molar-refractivity contribution < 1.29 is 4.74 Å². The summed E-state index contributed by atoms with van der Waals surface area (Å²) in [4.78, 5) is 4.73. The number of unbranched alkanes of at least 4 members (excludes halogenated alkanes) is 1. The maximum atomic E-state index is 5.09. The van der Waals surface area contributed by atoms with Gasteiger partial charge < -0.3 is 9.30 Å². The zero-order chi connectivity index (χ0) is 12.4. The SMILES string of the molecule is COCCCCC1Cc2nc3ccccc3n2C1. The molecule has 0 saturated carbocycles. The molecular formula is C15H20N2O. The van der Waals surface area contributed by atoms with Gasteiger partial charge in [0, 0.05) is 26.7 Å². The van der Waals surface area contributed by atoms with Gasteiger partial charge in [0.15, 0.2) is 0 Å². The second-order valence-electron chi connectivity index (χ2n) is 5.19. The largest absolute Gasteiger partial charge is 0.385 e. The second-order valence-corrected chi connectivity index (χ2v) is 5.19. The van der Waals surface area contributed by atoms with Gasteiger partial charge in [-0.05, 0) is 30.9 Å². The number of imidazole rings is 1. The van der Waals surface area contributed by atoms with Crippen LogP contribution in [0.1, 0.15) is 25.1 Å². The molecule has 0 fully saturated rings. The van der Waals surface area contributed by atoms with Crippen LogP contribution in [-0.2, 0) is 17.7 Å². The standard InChI is InChI=1S/C15H20N2O/c1-18-9-5-4-6-12-10-15-16-13-7-2-3-8-14(13)17(15)11-12/h2-3,7-8,12H,4-6,9-11H2,1H3. The molecule has 2 heterocycles. The zero-order valence-electron chi connectivity index (χ0n) is 10.9. The number of aromatic nitrogens is 2. The molecule has 3 heteroatoms. The first-order valence-corrected chi connectivity index (χ1v) is 6.81. The predicted molar refractivity (Wildman–Crippen MR) is 72.7 cm³/mol. The lowest BCUT2D eigenvalue weighted by Gasteiger charge is -2.08. The van der Waals surface area contributed by atoms with Gasteiger partial charge in [0.25, 0.3) is 0 Å². The third kappa shape index (κ3) is 2.15. The Morgan fingerprint density at radius 2 is 2.22 bits per heavy atom. The highest BCUT2D eigenvalue weighted by molar-refractivity contribution is 5.76. The Morgan fingerprint density at radius 3 is 3.11 bits per heavy atom. The molecule has 96 valence electrons. The van der Waals surface area contributed by atoms with E-state index >= 15 is 0 Å². The van der Waals surface area contributed by atoms with Gasteiger partial charge in [-0.2, -0.15) is 0 Å². The molecule has 1 aliphatic heterocycles. The van der Waals surface area contributed by atoms with Crippen molar-refractivity contribution in [1.82, 2.24) is 9.55 Å². The van der Waals surface area contributed by atoms with Gasteiger partial charge in [-0.15, -0.1) is 0 Å². The quantitative estimate of drug-likeness (QED) is 0.756. The third-order valence-electron chi connectivity index (χ3n) is 3.86. The molecule has 0 N–H and O–H groups in total. The summed E-state index contributed by atoms with van der Waals surface area (Å²) in [6, 6.07) is 8.45. The minimum absolute atomic E-state index is 0.772. The minimum atomic E-state index is 0.772. The van der Waals surface area contributed by atoms with Crippen LogP contribution in [0.2, 0.25) is 0 Å². The normalized spacial score (nSPS) is 18.4. The summed E-state index contributed by atoms with van der Waals surface area (Å²) in [7, 11) is 1.78. The molecule has 3 nitrogen and oxygen atoms in total. The fraction of sp³-hybridized carbons (Fsp3) is 0.533. The molecule has 2 aromatic rings. The van der Waals surface area contributed by atoms with E-state index in [-0.39, 0.29) is 0 Å². The summed E-state index contributed by atoms with van der Waals surface area (Å²) in [6.07, 6.45) is 4.88. The lowest BCUT2D eigenvalue weighted by molar-refractivity contribution is 0.190. The number of methoxy groups -OCH3 is 1. The molecule has 1 aliphatic rings. The third-order valence-corrected chi connectivity index (χ3v) is 3.86. The Balaban J connectivity index is 1.65. The van der Waals surface area contributed by atoms with Crippen LogP contribution in [0.25, 0.3) is 11.0 Å². The van der Waals surface area contributed by atoms with Crippen LogP contribution in [-0.4, -0.2) is 23.3 Å².